The number of phosphoric acid groups is 2. The van der Waals surface area contributed by atoms with E-state index >= 15 is 0 Å². The maximum Gasteiger partial charge on any atom is 0.485 e. The van der Waals surface area contributed by atoms with Gasteiger partial charge in [-0.25, -0.2) is 18.4 Å². The highest BCUT2D eigenvalue weighted by Crippen LogP contribution is 2.62. The van der Waals surface area contributed by atoms with Gasteiger partial charge in [-0.1, -0.05) is 0 Å². The fourth-order valence-corrected chi connectivity index (χ4v) is 5.61. The van der Waals surface area contributed by atoms with Gasteiger partial charge in [0.25, 0.3) is 5.97 Å². The number of nitrogen functional groups attached to an aromatic ring is 1. The largest absolute Gasteiger partial charge is 0.485 e. The summed E-state index contributed by atoms with van der Waals surface area (Å²) in [6, 6.07) is 1.21. The Bertz CT molecular complexity index is 1070. The monoisotopic (exact) mass is 549 g/mol. The Morgan fingerprint density at radius 3 is 2.51 bits per heavy atom. The Balaban J connectivity index is 1.60. The average Bonchev–Trinajstić information content (AvgIpc) is 3.14. The van der Waals surface area contributed by atoms with Crippen LogP contribution in [0.4, 0.5) is 5.82 Å². The SMILES string of the molecule is CC(O)[C@H]1O[C@](O)(OP(=O)(O)OP(=O)(O)OC[C@H]2O[C@@H](n3ccc(N)nc3=O)[C@H](O)[C@@H]2O)C[C@@H]1O. The van der Waals surface area contributed by atoms with E-state index in [1.165, 1.54) is 13.0 Å². The lowest BCUT2D eigenvalue weighted by atomic mass is 10.1. The quantitative estimate of drug-likeness (QED) is 0.112. The molecule has 3 unspecified atom stereocenters. The van der Waals surface area contributed by atoms with E-state index in [9.17, 15) is 49.2 Å². The minimum Gasteiger partial charge on any atom is -0.391 e. The molecule has 2 aliphatic rings. The van der Waals surface area contributed by atoms with Crippen LogP contribution in [-0.4, -0.2) is 94.1 Å². The van der Waals surface area contributed by atoms with Gasteiger partial charge in [0.2, 0.25) is 0 Å². The molecule has 3 heterocycles. The first-order chi connectivity index (χ1) is 16.0. The summed E-state index contributed by atoms with van der Waals surface area (Å²) in [6.45, 7) is 0.217. The maximum atomic E-state index is 12.1. The molecule has 0 radical (unpaired) electrons. The van der Waals surface area contributed by atoms with Gasteiger partial charge in [-0.05, 0) is 13.0 Å². The smallest absolute Gasteiger partial charge is 0.391 e. The van der Waals surface area contributed by atoms with Crippen molar-refractivity contribution in [2.24, 2.45) is 0 Å². The topological polar surface area (TPSA) is 283 Å². The van der Waals surface area contributed by atoms with Gasteiger partial charge in [0.1, 0.15) is 30.2 Å². The third-order valence-corrected chi connectivity index (χ3v) is 7.61. The van der Waals surface area contributed by atoms with E-state index in [2.05, 4.69) is 18.3 Å². The zero-order chi connectivity index (χ0) is 26.3. The van der Waals surface area contributed by atoms with Crippen molar-refractivity contribution in [3.8, 4) is 0 Å². The summed E-state index contributed by atoms with van der Waals surface area (Å²) >= 11 is 0. The third-order valence-electron chi connectivity index (χ3n) is 4.97. The summed E-state index contributed by atoms with van der Waals surface area (Å²) in [6.07, 6.45) is -10.4. The number of ether oxygens (including phenoxy) is 2. The molecule has 0 aromatic carbocycles. The first kappa shape index (κ1) is 28.2. The molecule has 2 fully saturated rings. The van der Waals surface area contributed by atoms with Crippen molar-refractivity contribution in [3.05, 3.63) is 22.7 Å². The van der Waals surface area contributed by atoms with E-state index in [1.807, 2.05) is 0 Å². The predicted molar refractivity (Wildman–Crippen MR) is 109 cm³/mol. The highest BCUT2D eigenvalue weighted by atomic mass is 31.3. The second-order valence-corrected chi connectivity index (χ2v) is 10.8. The van der Waals surface area contributed by atoms with Crippen LogP contribution in [-0.2, 0) is 32.0 Å². The van der Waals surface area contributed by atoms with Gasteiger partial charge in [0.15, 0.2) is 6.23 Å². The molecule has 18 nitrogen and oxygen atoms in total. The molecule has 200 valence electrons. The zero-order valence-corrected chi connectivity index (χ0v) is 19.7. The van der Waals surface area contributed by atoms with Crippen LogP contribution in [0.15, 0.2) is 17.1 Å². The number of phosphoric ester groups is 2. The summed E-state index contributed by atoms with van der Waals surface area (Å²) in [4.78, 5) is 34.9. The highest BCUT2D eigenvalue weighted by Gasteiger charge is 2.53. The Morgan fingerprint density at radius 2 is 1.94 bits per heavy atom. The van der Waals surface area contributed by atoms with E-state index in [0.717, 1.165) is 10.8 Å². The van der Waals surface area contributed by atoms with Crippen molar-refractivity contribution in [3.63, 3.8) is 0 Å². The van der Waals surface area contributed by atoms with Crippen LogP contribution in [0.3, 0.4) is 0 Å². The normalized spacial score (nSPS) is 37.6. The van der Waals surface area contributed by atoms with Gasteiger partial charge in [-0.3, -0.25) is 9.09 Å². The molecule has 0 saturated carbocycles. The van der Waals surface area contributed by atoms with Crippen LogP contribution in [0.1, 0.15) is 19.6 Å². The van der Waals surface area contributed by atoms with Gasteiger partial charge in [-0.15, -0.1) is 0 Å². The molecule has 9 N–H and O–H groups in total. The predicted octanol–water partition coefficient (Wildman–Crippen LogP) is -3.13. The minimum absolute atomic E-state index is 0.114. The van der Waals surface area contributed by atoms with Gasteiger partial charge in [0, 0.05) is 6.20 Å². The Labute approximate surface area is 196 Å². The van der Waals surface area contributed by atoms with Crippen molar-refractivity contribution in [1.29, 1.82) is 0 Å². The molecule has 20 heteroatoms. The Hall–Kier alpha value is -1.34. The van der Waals surface area contributed by atoms with Gasteiger partial charge in [0.05, 0.1) is 25.2 Å². The van der Waals surface area contributed by atoms with E-state index in [4.69, 9.17) is 15.2 Å². The number of aliphatic hydroxyl groups excluding tert-OH is 4. The first-order valence-corrected chi connectivity index (χ1v) is 12.9. The Morgan fingerprint density at radius 1 is 1.29 bits per heavy atom. The molecule has 3 rings (SSSR count). The molecule has 1 aromatic heterocycles. The summed E-state index contributed by atoms with van der Waals surface area (Å²) < 4.78 is 48.1. The fraction of sp³-hybridized carbons (Fsp3) is 0.733. The number of aromatic nitrogens is 2. The lowest BCUT2D eigenvalue weighted by Crippen LogP contribution is -2.36. The molecule has 10 atom stereocenters. The molecular formula is C15H25N3O15P2. The molecule has 0 bridgehead atoms. The molecule has 1 aromatic rings. The lowest BCUT2D eigenvalue weighted by molar-refractivity contribution is -0.319. The summed E-state index contributed by atoms with van der Waals surface area (Å²) in [5.74, 6) is -3.06. The number of aliphatic hydroxyl groups is 5. The molecular weight excluding hydrogens is 524 g/mol. The first-order valence-electron chi connectivity index (χ1n) is 9.87. The Kier molecular flexibility index (Phi) is 8.23. The highest BCUT2D eigenvalue weighted by molar-refractivity contribution is 7.61. The van der Waals surface area contributed by atoms with Crippen LogP contribution in [0.5, 0.6) is 0 Å². The number of nitrogens with two attached hydrogens (primary N) is 1. The van der Waals surface area contributed by atoms with Crippen LogP contribution in [0.2, 0.25) is 0 Å². The van der Waals surface area contributed by atoms with E-state index < -0.39 is 83.2 Å². The molecule has 0 amide bonds. The fourth-order valence-electron chi connectivity index (χ4n) is 3.43. The van der Waals surface area contributed by atoms with Gasteiger partial charge < -0.3 is 50.5 Å². The van der Waals surface area contributed by atoms with Crippen molar-refractivity contribution >= 4 is 21.5 Å². The second kappa shape index (κ2) is 10.2. The maximum absolute atomic E-state index is 12.1. The van der Waals surface area contributed by atoms with E-state index in [0.29, 0.717) is 0 Å². The summed E-state index contributed by atoms with van der Waals surface area (Å²) in [7, 11) is -11.0. The standard InChI is InChI=1S/C15H25N3O15P2/c1-6(19)12-7(20)4-15(24,31-12)32-35(27,28)33-34(25,26)29-5-8-10(21)11(22)13(30-8)18-3-2-9(16)17-14(18)23/h2-3,6-8,10-13,19-22,24H,4-5H2,1H3,(H,25,26)(H,27,28)(H2,16,17,23)/t6?,7-,8+,10+,11+,12+,13+,15-/m0/s1. The lowest BCUT2D eigenvalue weighted by Gasteiger charge is -2.26. The average molecular weight is 549 g/mol. The van der Waals surface area contributed by atoms with Gasteiger partial charge >= 0.3 is 21.3 Å². The molecule has 35 heavy (non-hydrogen) atoms. The van der Waals surface area contributed by atoms with Crippen molar-refractivity contribution in [2.75, 3.05) is 12.3 Å². The van der Waals surface area contributed by atoms with E-state index in [-0.39, 0.29) is 5.82 Å². The number of rotatable bonds is 9. The zero-order valence-electron chi connectivity index (χ0n) is 17.9. The van der Waals surface area contributed by atoms with Crippen molar-refractivity contribution in [2.45, 2.75) is 62.2 Å². The number of anilines is 1. The molecule has 0 spiro atoms. The van der Waals surface area contributed by atoms with Crippen LogP contribution < -0.4 is 11.4 Å². The number of hydrogen-bond donors (Lipinski definition) is 8. The number of nitrogens with zero attached hydrogens (tertiary/aromatic N) is 2. The number of hydrogen-bond acceptors (Lipinski definition) is 15. The van der Waals surface area contributed by atoms with Crippen LogP contribution >= 0.6 is 15.6 Å². The van der Waals surface area contributed by atoms with Crippen LogP contribution in [0, 0.1) is 0 Å². The van der Waals surface area contributed by atoms with Gasteiger partial charge in [-0.2, -0.15) is 9.29 Å². The minimum atomic E-state index is -5.60. The van der Waals surface area contributed by atoms with Crippen molar-refractivity contribution in [1.82, 2.24) is 9.55 Å². The summed E-state index contributed by atoms with van der Waals surface area (Å²) in [5.41, 5.74) is 4.45. The summed E-state index contributed by atoms with van der Waals surface area (Å²) in [5, 5.41) is 49.6. The third kappa shape index (κ3) is 6.71. The van der Waals surface area contributed by atoms with E-state index in [1.54, 1.807) is 0 Å². The second-order valence-electron chi connectivity index (χ2n) is 7.80. The molecule has 0 aliphatic carbocycles. The molecule has 2 aliphatic heterocycles. The van der Waals surface area contributed by atoms with Crippen molar-refractivity contribution < 1.29 is 67.3 Å². The molecule has 2 saturated heterocycles. The van der Waals surface area contributed by atoms with Crippen LogP contribution in [0.25, 0.3) is 0 Å².